The third kappa shape index (κ3) is 3.63. The first-order valence-electron chi connectivity index (χ1n) is 5.92. The van der Waals surface area contributed by atoms with Gasteiger partial charge in [0.05, 0.1) is 21.5 Å². The monoisotopic (exact) mass is 307 g/mol. The maximum Gasteiger partial charge on any atom is 0.240 e. The van der Waals surface area contributed by atoms with Crippen LogP contribution in [0.3, 0.4) is 0 Å². The minimum Gasteiger partial charge on any atom is -0.247 e. The number of benzene rings is 1. The predicted molar refractivity (Wildman–Crippen MR) is 76.9 cm³/mol. The van der Waals surface area contributed by atoms with Gasteiger partial charge < -0.3 is 0 Å². The SMILES string of the molecule is Cc1csc(CCNS(=O)(=O)c2cccc(C#N)c2)n1. The molecule has 0 fully saturated rings. The van der Waals surface area contributed by atoms with Crippen LogP contribution >= 0.6 is 11.3 Å². The third-order valence-corrected chi connectivity index (χ3v) is 5.06. The predicted octanol–water partition coefficient (Wildman–Crippen LogP) is 1.84. The van der Waals surface area contributed by atoms with Crippen LogP contribution in [-0.4, -0.2) is 19.9 Å². The van der Waals surface area contributed by atoms with E-state index in [-0.39, 0.29) is 11.4 Å². The fraction of sp³-hybridized carbons (Fsp3) is 0.231. The molecule has 2 aromatic rings. The van der Waals surface area contributed by atoms with E-state index in [0.29, 0.717) is 12.0 Å². The topological polar surface area (TPSA) is 82.9 Å². The number of aromatic nitrogens is 1. The Morgan fingerprint density at radius 2 is 2.25 bits per heavy atom. The molecule has 0 aliphatic rings. The highest BCUT2D eigenvalue weighted by Gasteiger charge is 2.14. The lowest BCUT2D eigenvalue weighted by Gasteiger charge is -2.05. The van der Waals surface area contributed by atoms with Gasteiger partial charge in [-0.3, -0.25) is 0 Å². The van der Waals surface area contributed by atoms with Crippen molar-refractivity contribution in [1.29, 1.82) is 5.26 Å². The van der Waals surface area contributed by atoms with Crippen LogP contribution in [0.15, 0.2) is 34.5 Å². The number of sulfonamides is 1. The molecule has 0 spiro atoms. The maximum atomic E-state index is 12.1. The highest BCUT2D eigenvalue weighted by Crippen LogP contribution is 2.12. The summed E-state index contributed by atoms with van der Waals surface area (Å²) >= 11 is 1.51. The van der Waals surface area contributed by atoms with Crippen LogP contribution < -0.4 is 4.72 Å². The van der Waals surface area contributed by atoms with E-state index < -0.39 is 10.0 Å². The zero-order valence-corrected chi connectivity index (χ0v) is 12.5. The lowest BCUT2D eigenvalue weighted by molar-refractivity contribution is 0.581. The first kappa shape index (κ1) is 14.7. The molecule has 0 bridgehead atoms. The van der Waals surface area contributed by atoms with Gasteiger partial charge in [-0.2, -0.15) is 5.26 Å². The van der Waals surface area contributed by atoms with Crippen LogP contribution in [0, 0.1) is 18.3 Å². The second kappa shape index (κ2) is 6.13. The third-order valence-electron chi connectivity index (χ3n) is 2.57. The highest BCUT2D eigenvalue weighted by atomic mass is 32.2. The Morgan fingerprint density at radius 3 is 2.90 bits per heavy atom. The summed E-state index contributed by atoms with van der Waals surface area (Å²) in [6, 6.07) is 7.87. The largest absolute Gasteiger partial charge is 0.247 e. The van der Waals surface area contributed by atoms with E-state index in [1.54, 1.807) is 12.1 Å². The molecule has 0 amide bonds. The van der Waals surface area contributed by atoms with Crippen molar-refractivity contribution in [3.63, 3.8) is 0 Å². The minimum absolute atomic E-state index is 0.104. The Kier molecular flexibility index (Phi) is 4.49. The van der Waals surface area contributed by atoms with Crippen LogP contribution in [0.4, 0.5) is 0 Å². The van der Waals surface area contributed by atoms with Crippen LogP contribution in [0.1, 0.15) is 16.3 Å². The molecule has 1 N–H and O–H groups in total. The van der Waals surface area contributed by atoms with Gasteiger partial charge in [-0.25, -0.2) is 18.1 Å². The lowest BCUT2D eigenvalue weighted by Crippen LogP contribution is -2.26. The number of hydrogen-bond donors (Lipinski definition) is 1. The second-order valence-corrected chi connectivity index (χ2v) is 6.88. The van der Waals surface area contributed by atoms with E-state index in [1.165, 1.54) is 23.5 Å². The van der Waals surface area contributed by atoms with Crippen molar-refractivity contribution in [1.82, 2.24) is 9.71 Å². The fourth-order valence-corrected chi connectivity index (χ4v) is 3.48. The summed E-state index contributed by atoms with van der Waals surface area (Å²) in [6.07, 6.45) is 0.551. The molecule has 0 atom stereocenters. The number of thiazole rings is 1. The normalized spacial score (nSPS) is 11.2. The maximum absolute atomic E-state index is 12.1. The van der Waals surface area contributed by atoms with Gasteiger partial charge in [0.25, 0.3) is 0 Å². The standard InChI is InChI=1S/C13H13N3O2S2/c1-10-9-19-13(16-10)5-6-15-20(17,18)12-4-2-3-11(7-12)8-14/h2-4,7,9,15H,5-6H2,1H3. The summed E-state index contributed by atoms with van der Waals surface area (Å²) in [5.74, 6) is 0. The zero-order chi connectivity index (χ0) is 14.6. The second-order valence-electron chi connectivity index (χ2n) is 4.17. The molecule has 1 aromatic heterocycles. The van der Waals surface area contributed by atoms with Crippen LogP contribution in [0.2, 0.25) is 0 Å². The van der Waals surface area contributed by atoms with Gasteiger partial charge in [0.1, 0.15) is 0 Å². The van der Waals surface area contributed by atoms with Crippen molar-refractivity contribution in [2.45, 2.75) is 18.2 Å². The molecule has 2 rings (SSSR count). The van der Waals surface area contributed by atoms with E-state index >= 15 is 0 Å². The number of hydrogen-bond acceptors (Lipinski definition) is 5. The van der Waals surface area contributed by atoms with Gasteiger partial charge in [0.15, 0.2) is 0 Å². The molecular weight excluding hydrogens is 294 g/mol. The Morgan fingerprint density at radius 1 is 1.45 bits per heavy atom. The van der Waals surface area contributed by atoms with E-state index in [2.05, 4.69) is 9.71 Å². The smallest absolute Gasteiger partial charge is 0.240 e. The van der Waals surface area contributed by atoms with Crippen molar-refractivity contribution in [3.05, 3.63) is 45.9 Å². The molecule has 5 nitrogen and oxygen atoms in total. The van der Waals surface area contributed by atoms with Gasteiger partial charge in [0, 0.05) is 24.0 Å². The van der Waals surface area contributed by atoms with Gasteiger partial charge >= 0.3 is 0 Å². The van der Waals surface area contributed by atoms with Crippen molar-refractivity contribution in [2.75, 3.05) is 6.54 Å². The molecule has 0 saturated heterocycles. The van der Waals surface area contributed by atoms with Gasteiger partial charge in [-0.15, -0.1) is 11.3 Å². The number of nitriles is 1. The van der Waals surface area contributed by atoms with Crippen molar-refractivity contribution >= 4 is 21.4 Å². The summed E-state index contributed by atoms with van der Waals surface area (Å²) in [5, 5.41) is 11.6. The molecule has 0 unspecified atom stereocenters. The molecule has 0 aliphatic heterocycles. The van der Waals surface area contributed by atoms with Gasteiger partial charge in [0.2, 0.25) is 10.0 Å². The van der Waals surface area contributed by atoms with Gasteiger partial charge in [-0.1, -0.05) is 6.07 Å². The molecule has 7 heteroatoms. The first-order chi connectivity index (χ1) is 9.51. The Balaban J connectivity index is 2.02. The fourth-order valence-electron chi connectivity index (χ4n) is 1.63. The average Bonchev–Trinajstić information content (AvgIpc) is 2.84. The summed E-state index contributed by atoms with van der Waals surface area (Å²) in [6.45, 7) is 2.18. The summed E-state index contributed by atoms with van der Waals surface area (Å²) in [5.41, 5.74) is 1.26. The molecule has 0 radical (unpaired) electrons. The minimum atomic E-state index is -3.58. The van der Waals surface area contributed by atoms with Crippen molar-refractivity contribution < 1.29 is 8.42 Å². The quantitative estimate of drug-likeness (QED) is 0.913. The number of nitrogens with one attached hydrogen (secondary N) is 1. The lowest BCUT2D eigenvalue weighted by atomic mass is 10.2. The molecule has 104 valence electrons. The molecular formula is C13H13N3O2S2. The average molecular weight is 307 g/mol. The van der Waals surface area contributed by atoms with Crippen LogP contribution in [0.25, 0.3) is 0 Å². The summed E-state index contributed by atoms with van der Waals surface area (Å²) in [4.78, 5) is 4.37. The van der Waals surface area contributed by atoms with Gasteiger partial charge in [-0.05, 0) is 25.1 Å². The number of aryl methyl sites for hydroxylation is 1. The number of rotatable bonds is 5. The molecule has 20 heavy (non-hydrogen) atoms. The Bertz CT molecular complexity index is 745. The van der Waals surface area contributed by atoms with Crippen molar-refractivity contribution in [2.24, 2.45) is 0 Å². The van der Waals surface area contributed by atoms with Crippen LogP contribution in [-0.2, 0) is 16.4 Å². The van der Waals surface area contributed by atoms with Crippen LogP contribution in [0.5, 0.6) is 0 Å². The highest BCUT2D eigenvalue weighted by molar-refractivity contribution is 7.89. The van der Waals surface area contributed by atoms with E-state index in [1.807, 2.05) is 18.4 Å². The molecule has 1 heterocycles. The molecule has 1 aromatic carbocycles. The molecule has 0 aliphatic carbocycles. The van der Waals surface area contributed by atoms with E-state index in [4.69, 9.17) is 5.26 Å². The Hall–Kier alpha value is -1.75. The van der Waals surface area contributed by atoms with E-state index in [0.717, 1.165) is 10.7 Å². The zero-order valence-electron chi connectivity index (χ0n) is 10.8. The summed E-state index contributed by atoms with van der Waals surface area (Å²) in [7, 11) is -3.58. The summed E-state index contributed by atoms with van der Waals surface area (Å²) < 4.78 is 26.6. The Labute approximate surface area is 122 Å². The number of nitrogens with zero attached hydrogens (tertiary/aromatic N) is 2. The van der Waals surface area contributed by atoms with Crippen molar-refractivity contribution in [3.8, 4) is 6.07 Å². The van der Waals surface area contributed by atoms with E-state index in [9.17, 15) is 8.42 Å². The first-order valence-corrected chi connectivity index (χ1v) is 8.28. The molecule has 0 saturated carbocycles.